The van der Waals surface area contributed by atoms with Crippen molar-refractivity contribution < 1.29 is 0 Å². The highest BCUT2D eigenvalue weighted by molar-refractivity contribution is 7.10. The minimum atomic E-state index is 0.348. The van der Waals surface area contributed by atoms with Crippen molar-refractivity contribution in [3.63, 3.8) is 0 Å². The summed E-state index contributed by atoms with van der Waals surface area (Å²) in [6.07, 6.45) is 5.96. The molecule has 24 heavy (non-hydrogen) atoms. The van der Waals surface area contributed by atoms with Gasteiger partial charge in [0.2, 0.25) is 0 Å². The van der Waals surface area contributed by atoms with Crippen molar-refractivity contribution in [1.82, 2.24) is 19.7 Å². The van der Waals surface area contributed by atoms with Gasteiger partial charge in [0.15, 0.2) is 5.65 Å². The first-order valence-electron chi connectivity index (χ1n) is 8.19. The molecule has 0 amide bonds. The van der Waals surface area contributed by atoms with Gasteiger partial charge < -0.3 is 4.90 Å². The molecule has 3 aromatic heterocycles. The smallest absolute Gasteiger partial charge is 0.163 e. The van der Waals surface area contributed by atoms with Crippen LogP contribution in [0.15, 0.2) is 24.0 Å². The number of aromatic nitrogens is 4. The summed E-state index contributed by atoms with van der Waals surface area (Å²) < 4.78 is 1.80. The Labute approximate surface area is 144 Å². The highest BCUT2D eigenvalue weighted by atomic mass is 32.1. The zero-order valence-electron chi connectivity index (χ0n) is 13.5. The summed E-state index contributed by atoms with van der Waals surface area (Å²) in [6.45, 7) is 3.74. The van der Waals surface area contributed by atoms with E-state index in [1.807, 2.05) is 17.5 Å². The van der Waals surface area contributed by atoms with Gasteiger partial charge in [0.1, 0.15) is 12.1 Å². The van der Waals surface area contributed by atoms with Crippen LogP contribution in [0.5, 0.6) is 0 Å². The largest absolute Gasteiger partial charge is 0.348 e. The number of nitriles is 1. The Morgan fingerprint density at radius 2 is 2.33 bits per heavy atom. The molecule has 3 aromatic rings. The maximum absolute atomic E-state index is 8.80. The quantitative estimate of drug-likeness (QED) is 0.730. The fourth-order valence-corrected chi connectivity index (χ4v) is 4.45. The number of fused-ring (bicyclic) bond motifs is 2. The van der Waals surface area contributed by atoms with Crippen molar-refractivity contribution in [2.24, 2.45) is 0 Å². The number of aryl methyl sites for hydroxylation is 1. The molecule has 0 fully saturated rings. The van der Waals surface area contributed by atoms with Crippen LogP contribution in [0.3, 0.4) is 0 Å². The van der Waals surface area contributed by atoms with Crippen molar-refractivity contribution in [3.8, 4) is 6.07 Å². The van der Waals surface area contributed by atoms with E-state index in [0.29, 0.717) is 19.0 Å². The molecule has 122 valence electrons. The van der Waals surface area contributed by atoms with Crippen molar-refractivity contribution in [2.75, 3.05) is 11.4 Å². The lowest BCUT2D eigenvalue weighted by molar-refractivity contribution is 0.569. The standard InChI is InChI=1S/C17H18N6S/c1-2-14-12-5-9-24-15(12)4-8-22(14)16-13-10-21-23(7-3-6-18)17(13)20-11-19-16/h5,9-11,14H,2-4,7-8H2,1H3/t14-/m1/s1. The predicted octanol–water partition coefficient (Wildman–Crippen LogP) is 3.32. The van der Waals surface area contributed by atoms with Crippen LogP contribution in [-0.4, -0.2) is 26.3 Å². The lowest BCUT2D eigenvalue weighted by atomic mass is 9.97. The first-order chi connectivity index (χ1) is 11.8. The van der Waals surface area contributed by atoms with Crippen molar-refractivity contribution in [3.05, 3.63) is 34.4 Å². The zero-order valence-corrected chi connectivity index (χ0v) is 14.3. The SMILES string of the molecule is CC[C@@H]1c2ccsc2CCN1c1ncnc2c1cnn2CCC#N. The summed E-state index contributed by atoms with van der Waals surface area (Å²) in [7, 11) is 0. The molecule has 0 saturated carbocycles. The molecule has 0 N–H and O–H groups in total. The second-order valence-corrected chi connectivity index (χ2v) is 6.88. The van der Waals surface area contributed by atoms with Crippen LogP contribution in [0.4, 0.5) is 5.82 Å². The second-order valence-electron chi connectivity index (χ2n) is 5.88. The van der Waals surface area contributed by atoms with Gasteiger partial charge in [0.25, 0.3) is 0 Å². The monoisotopic (exact) mass is 338 g/mol. The fourth-order valence-electron chi connectivity index (χ4n) is 3.52. The number of hydrogen-bond acceptors (Lipinski definition) is 6. The Bertz CT molecular complexity index is 905. The van der Waals surface area contributed by atoms with Crippen LogP contribution in [0.25, 0.3) is 11.0 Å². The Kier molecular flexibility index (Phi) is 3.90. The Hall–Kier alpha value is -2.46. The molecule has 0 saturated heterocycles. The van der Waals surface area contributed by atoms with Crippen LogP contribution in [0, 0.1) is 11.3 Å². The molecule has 0 spiro atoms. The van der Waals surface area contributed by atoms with Crippen molar-refractivity contribution >= 4 is 28.2 Å². The molecule has 0 aromatic carbocycles. The summed E-state index contributed by atoms with van der Waals surface area (Å²) in [6, 6.07) is 4.75. The third-order valence-corrected chi connectivity index (χ3v) is 5.60. The topological polar surface area (TPSA) is 70.6 Å². The third kappa shape index (κ3) is 2.34. The summed E-state index contributed by atoms with van der Waals surface area (Å²) in [4.78, 5) is 12.8. The van der Waals surface area contributed by atoms with Crippen LogP contribution in [0.1, 0.15) is 36.2 Å². The van der Waals surface area contributed by atoms with Crippen molar-refractivity contribution in [2.45, 2.75) is 38.8 Å². The lowest BCUT2D eigenvalue weighted by Gasteiger charge is -2.36. The van der Waals surface area contributed by atoms with Crippen LogP contribution >= 0.6 is 11.3 Å². The van der Waals surface area contributed by atoms with Gasteiger partial charge in [-0.25, -0.2) is 14.6 Å². The van der Waals surface area contributed by atoms with E-state index in [1.165, 1.54) is 10.4 Å². The number of nitrogens with zero attached hydrogens (tertiary/aromatic N) is 6. The first-order valence-corrected chi connectivity index (χ1v) is 9.07. The average molecular weight is 338 g/mol. The maximum atomic E-state index is 8.80. The molecule has 1 atom stereocenters. The molecule has 0 aliphatic carbocycles. The second kappa shape index (κ2) is 6.21. The molecule has 0 unspecified atom stereocenters. The van der Waals surface area contributed by atoms with Crippen LogP contribution < -0.4 is 4.90 Å². The highest BCUT2D eigenvalue weighted by Gasteiger charge is 2.29. The minimum absolute atomic E-state index is 0.348. The third-order valence-electron chi connectivity index (χ3n) is 4.60. The fraction of sp³-hybridized carbons (Fsp3) is 0.412. The van der Waals surface area contributed by atoms with Gasteiger partial charge in [-0.3, -0.25) is 0 Å². The number of anilines is 1. The Morgan fingerprint density at radius 3 is 3.17 bits per heavy atom. The number of hydrogen-bond donors (Lipinski definition) is 0. The molecular formula is C17H18N6S. The number of rotatable bonds is 4. The van der Waals surface area contributed by atoms with Gasteiger partial charge in [0.05, 0.1) is 36.7 Å². The van der Waals surface area contributed by atoms with Crippen LogP contribution in [0.2, 0.25) is 0 Å². The average Bonchev–Trinajstić information content (AvgIpc) is 3.25. The van der Waals surface area contributed by atoms with E-state index in [-0.39, 0.29) is 0 Å². The van der Waals surface area contributed by atoms with Crippen molar-refractivity contribution in [1.29, 1.82) is 5.26 Å². The zero-order chi connectivity index (χ0) is 16.5. The van der Waals surface area contributed by atoms with Gasteiger partial charge in [-0.15, -0.1) is 11.3 Å². The van der Waals surface area contributed by atoms with Gasteiger partial charge >= 0.3 is 0 Å². The van der Waals surface area contributed by atoms with E-state index < -0.39 is 0 Å². The lowest BCUT2D eigenvalue weighted by Crippen LogP contribution is -2.35. The van der Waals surface area contributed by atoms with E-state index in [9.17, 15) is 0 Å². The van der Waals surface area contributed by atoms with E-state index in [0.717, 1.165) is 36.2 Å². The minimum Gasteiger partial charge on any atom is -0.348 e. The van der Waals surface area contributed by atoms with E-state index >= 15 is 0 Å². The summed E-state index contributed by atoms with van der Waals surface area (Å²) >= 11 is 1.85. The molecule has 0 bridgehead atoms. The highest BCUT2D eigenvalue weighted by Crippen LogP contribution is 2.39. The molecule has 1 aliphatic rings. The van der Waals surface area contributed by atoms with E-state index in [4.69, 9.17) is 5.26 Å². The normalized spacial score (nSPS) is 17.0. The first kappa shape index (κ1) is 15.1. The molecular weight excluding hydrogens is 320 g/mol. The van der Waals surface area contributed by atoms with Crippen LogP contribution in [-0.2, 0) is 13.0 Å². The van der Waals surface area contributed by atoms with Gasteiger partial charge in [-0.1, -0.05) is 6.92 Å². The Balaban J connectivity index is 1.77. The molecule has 4 rings (SSSR count). The Morgan fingerprint density at radius 1 is 1.42 bits per heavy atom. The summed E-state index contributed by atoms with van der Waals surface area (Å²) in [5, 5.41) is 16.4. The molecule has 6 nitrogen and oxygen atoms in total. The number of thiophene rings is 1. The molecule has 0 radical (unpaired) electrons. The van der Waals surface area contributed by atoms with E-state index in [1.54, 1.807) is 11.0 Å². The summed E-state index contributed by atoms with van der Waals surface area (Å²) in [5.41, 5.74) is 2.23. The van der Waals surface area contributed by atoms with Gasteiger partial charge in [-0.05, 0) is 29.9 Å². The van der Waals surface area contributed by atoms with Gasteiger partial charge in [-0.2, -0.15) is 10.4 Å². The summed E-state index contributed by atoms with van der Waals surface area (Å²) in [5.74, 6) is 0.951. The maximum Gasteiger partial charge on any atom is 0.163 e. The molecule has 7 heteroatoms. The van der Waals surface area contributed by atoms with Gasteiger partial charge in [0, 0.05) is 11.4 Å². The molecule has 1 aliphatic heterocycles. The molecule has 4 heterocycles. The predicted molar refractivity (Wildman–Crippen MR) is 94.0 cm³/mol. The van der Waals surface area contributed by atoms with E-state index in [2.05, 4.69) is 44.4 Å².